The average molecular weight is 228 g/mol. The van der Waals surface area contributed by atoms with Crippen molar-refractivity contribution in [2.45, 2.75) is 12.8 Å². The predicted octanol–water partition coefficient (Wildman–Crippen LogP) is 3.03. The van der Waals surface area contributed by atoms with Gasteiger partial charge in [-0.2, -0.15) is 0 Å². The Morgan fingerprint density at radius 1 is 1.00 bits per heavy atom. The molecule has 0 aliphatic rings. The molecule has 0 unspecified atom stereocenters. The molecule has 0 bridgehead atoms. The van der Waals surface area contributed by atoms with Gasteiger partial charge in [-0.25, -0.2) is 0 Å². The summed E-state index contributed by atoms with van der Waals surface area (Å²) in [6.45, 7) is 1.06. The number of nitrogens with one attached hydrogen (secondary N) is 2. The smallest absolute Gasteiger partial charge is 0.0376 e. The Hall–Kier alpha value is -1.54. The van der Waals surface area contributed by atoms with Gasteiger partial charge in [0, 0.05) is 12.7 Å². The van der Waals surface area contributed by atoms with Gasteiger partial charge in [0.15, 0.2) is 0 Å². The maximum atomic E-state index is 3.29. The van der Waals surface area contributed by atoms with Gasteiger partial charge in [0.1, 0.15) is 0 Å². The van der Waals surface area contributed by atoms with Gasteiger partial charge in [-0.05, 0) is 48.8 Å². The van der Waals surface area contributed by atoms with Crippen LogP contribution in [-0.4, -0.2) is 20.6 Å². The molecular formula is C15H20N2. The number of anilines is 1. The molecule has 0 heterocycles. The second-order valence-electron chi connectivity index (χ2n) is 4.27. The van der Waals surface area contributed by atoms with E-state index in [4.69, 9.17) is 0 Å². The molecule has 0 fully saturated rings. The van der Waals surface area contributed by atoms with Crippen LogP contribution >= 0.6 is 0 Å². The van der Waals surface area contributed by atoms with Crippen molar-refractivity contribution in [1.29, 1.82) is 0 Å². The van der Waals surface area contributed by atoms with Gasteiger partial charge in [0.05, 0.1) is 0 Å². The summed E-state index contributed by atoms with van der Waals surface area (Å²) in [4.78, 5) is 0. The van der Waals surface area contributed by atoms with E-state index in [1.807, 2.05) is 14.1 Å². The minimum atomic E-state index is 1.06. The highest BCUT2D eigenvalue weighted by atomic mass is 14.8. The number of rotatable bonds is 5. The number of benzene rings is 2. The third-order valence-corrected chi connectivity index (χ3v) is 3.16. The second kappa shape index (κ2) is 5.69. The highest BCUT2D eigenvalue weighted by Crippen LogP contribution is 2.27. The molecule has 0 aliphatic heterocycles. The number of hydrogen-bond acceptors (Lipinski definition) is 2. The first kappa shape index (κ1) is 11.9. The van der Waals surface area contributed by atoms with E-state index < -0.39 is 0 Å². The number of aryl methyl sites for hydroxylation is 1. The third-order valence-electron chi connectivity index (χ3n) is 3.16. The van der Waals surface area contributed by atoms with Crippen molar-refractivity contribution in [2.24, 2.45) is 0 Å². The summed E-state index contributed by atoms with van der Waals surface area (Å²) in [6.07, 6.45) is 2.28. The van der Waals surface area contributed by atoms with Gasteiger partial charge in [0.25, 0.3) is 0 Å². The lowest BCUT2D eigenvalue weighted by Gasteiger charge is -2.12. The van der Waals surface area contributed by atoms with Crippen molar-refractivity contribution in [3.8, 4) is 0 Å². The summed E-state index contributed by atoms with van der Waals surface area (Å²) < 4.78 is 0. The van der Waals surface area contributed by atoms with Gasteiger partial charge in [-0.15, -0.1) is 0 Å². The fourth-order valence-electron chi connectivity index (χ4n) is 2.28. The molecule has 17 heavy (non-hydrogen) atoms. The maximum absolute atomic E-state index is 3.29. The molecule has 2 aromatic rings. The molecule has 2 aromatic carbocycles. The third kappa shape index (κ3) is 2.59. The molecule has 0 amide bonds. The van der Waals surface area contributed by atoms with Crippen LogP contribution in [0.5, 0.6) is 0 Å². The molecule has 90 valence electrons. The first-order chi connectivity index (χ1) is 8.36. The quantitative estimate of drug-likeness (QED) is 0.769. The van der Waals surface area contributed by atoms with Crippen LogP contribution in [0.2, 0.25) is 0 Å². The summed E-state index contributed by atoms with van der Waals surface area (Å²) >= 11 is 0. The highest BCUT2D eigenvalue weighted by Gasteiger charge is 2.05. The van der Waals surface area contributed by atoms with Gasteiger partial charge < -0.3 is 10.6 Å². The molecule has 0 aliphatic carbocycles. The lowest BCUT2D eigenvalue weighted by atomic mass is 9.99. The topological polar surface area (TPSA) is 24.1 Å². The summed E-state index contributed by atoms with van der Waals surface area (Å²) in [7, 11) is 3.99. The molecule has 0 atom stereocenters. The normalized spacial score (nSPS) is 10.7. The van der Waals surface area contributed by atoms with Crippen molar-refractivity contribution in [1.82, 2.24) is 5.32 Å². The van der Waals surface area contributed by atoms with Gasteiger partial charge in [-0.1, -0.05) is 30.3 Å². The summed E-state index contributed by atoms with van der Waals surface area (Å²) in [6, 6.07) is 13.0. The summed E-state index contributed by atoms with van der Waals surface area (Å²) in [5, 5.41) is 9.19. The highest BCUT2D eigenvalue weighted by molar-refractivity contribution is 5.90. The monoisotopic (exact) mass is 228 g/mol. The molecule has 2 N–H and O–H groups in total. The van der Waals surface area contributed by atoms with Crippen LogP contribution < -0.4 is 10.6 Å². The molecule has 0 radical (unpaired) electrons. The van der Waals surface area contributed by atoms with Crippen molar-refractivity contribution in [3.63, 3.8) is 0 Å². The predicted molar refractivity (Wildman–Crippen MR) is 75.7 cm³/mol. The van der Waals surface area contributed by atoms with Gasteiger partial charge in [-0.3, -0.25) is 0 Å². The van der Waals surface area contributed by atoms with Crippen LogP contribution in [0.15, 0.2) is 36.4 Å². The van der Waals surface area contributed by atoms with Gasteiger partial charge >= 0.3 is 0 Å². The van der Waals surface area contributed by atoms with E-state index in [1.54, 1.807) is 0 Å². The zero-order valence-electron chi connectivity index (χ0n) is 10.6. The van der Waals surface area contributed by atoms with E-state index in [-0.39, 0.29) is 0 Å². The van der Waals surface area contributed by atoms with Crippen LogP contribution in [0, 0.1) is 0 Å². The molecule has 0 spiro atoms. The zero-order valence-corrected chi connectivity index (χ0v) is 10.6. The SMILES string of the molecule is CNCCCc1c(NC)ccc2ccccc12. The Balaban J connectivity index is 2.40. The van der Waals surface area contributed by atoms with Crippen molar-refractivity contribution in [3.05, 3.63) is 42.0 Å². The van der Waals surface area contributed by atoms with E-state index in [0.717, 1.165) is 13.0 Å². The zero-order chi connectivity index (χ0) is 12.1. The Bertz CT molecular complexity index is 491. The minimum absolute atomic E-state index is 1.06. The largest absolute Gasteiger partial charge is 0.388 e. The van der Waals surface area contributed by atoms with Crippen molar-refractivity contribution in [2.75, 3.05) is 26.0 Å². The molecule has 0 saturated heterocycles. The van der Waals surface area contributed by atoms with Crippen LogP contribution in [-0.2, 0) is 6.42 Å². The number of hydrogen-bond donors (Lipinski definition) is 2. The van der Waals surface area contributed by atoms with E-state index in [2.05, 4.69) is 47.0 Å². The first-order valence-corrected chi connectivity index (χ1v) is 6.20. The van der Waals surface area contributed by atoms with Crippen LogP contribution in [0.4, 0.5) is 5.69 Å². The minimum Gasteiger partial charge on any atom is -0.388 e. The Labute approximate surface area is 103 Å². The van der Waals surface area contributed by atoms with E-state index in [0.29, 0.717) is 0 Å². The summed E-state index contributed by atoms with van der Waals surface area (Å²) in [5.41, 5.74) is 2.68. The number of fused-ring (bicyclic) bond motifs is 1. The lowest BCUT2D eigenvalue weighted by Crippen LogP contribution is -2.09. The van der Waals surface area contributed by atoms with Crippen molar-refractivity contribution < 1.29 is 0 Å². The Kier molecular flexibility index (Phi) is 3.99. The van der Waals surface area contributed by atoms with Crippen LogP contribution in [0.25, 0.3) is 10.8 Å². The molecule has 2 heteroatoms. The van der Waals surface area contributed by atoms with E-state index in [9.17, 15) is 0 Å². The van der Waals surface area contributed by atoms with E-state index in [1.165, 1.54) is 28.4 Å². The molecule has 2 rings (SSSR count). The van der Waals surface area contributed by atoms with E-state index >= 15 is 0 Å². The lowest BCUT2D eigenvalue weighted by molar-refractivity contribution is 0.727. The van der Waals surface area contributed by atoms with Crippen molar-refractivity contribution >= 4 is 16.5 Å². The molecule has 0 aromatic heterocycles. The molecule has 2 nitrogen and oxygen atoms in total. The standard InChI is InChI=1S/C15H20N2/c1-16-11-5-8-14-13-7-4-3-6-12(13)9-10-15(14)17-2/h3-4,6-7,9-10,16-17H,5,8,11H2,1-2H3. The fraction of sp³-hybridized carbons (Fsp3) is 0.333. The first-order valence-electron chi connectivity index (χ1n) is 6.20. The van der Waals surface area contributed by atoms with Crippen LogP contribution in [0.3, 0.4) is 0 Å². The van der Waals surface area contributed by atoms with Gasteiger partial charge in [0.2, 0.25) is 0 Å². The molecular weight excluding hydrogens is 208 g/mol. The summed E-state index contributed by atoms with van der Waals surface area (Å²) in [5.74, 6) is 0. The average Bonchev–Trinajstić information content (AvgIpc) is 2.39. The fourth-order valence-corrected chi connectivity index (χ4v) is 2.28. The Morgan fingerprint density at radius 3 is 2.59 bits per heavy atom. The second-order valence-corrected chi connectivity index (χ2v) is 4.27. The molecule has 0 saturated carbocycles. The maximum Gasteiger partial charge on any atom is 0.0376 e. The van der Waals surface area contributed by atoms with Crippen LogP contribution in [0.1, 0.15) is 12.0 Å². The Morgan fingerprint density at radius 2 is 1.82 bits per heavy atom.